The van der Waals surface area contributed by atoms with E-state index in [0.717, 1.165) is 72.9 Å². The van der Waals surface area contributed by atoms with Crippen LogP contribution in [0.1, 0.15) is 70.1 Å². The second kappa shape index (κ2) is 19.1. The van der Waals surface area contributed by atoms with Gasteiger partial charge in [0.05, 0.1) is 34.2 Å². The number of pyridine rings is 2. The first kappa shape index (κ1) is 45.9. The number of fused-ring (bicyclic) bond motifs is 6. The van der Waals surface area contributed by atoms with Crippen molar-refractivity contribution in [3.8, 4) is 39.5 Å². The van der Waals surface area contributed by atoms with E-state index in [9.17, 15) is 0 Å². The topological polar surface area (TPSA) is 56.7 Å². The molecule has 0 saturated heterocycles. The summed E-state index contributed by atoms with van der Waals surface area (Å²) in [6, 6.07) is 53.2. The van der Waals surface area contributed by atoms with Gasteiger partial charge in [0.25, 0.3) is 0 Å². The van der Waals surface area contributed by atoms with Crippen molar-refractivity contribution in [3.05, 3.63) is 175 Å². The van der Waals surface area contributed by atoms with E-state index in [0.29, 0.717) is 5.92 Å². The van der Waals surface area contributed by atoms with Gasteiger partial charge in [-0.1, -0.05) is 105 Å². The molecule has 0 atom stereocenters. The molecule has 10 aromatic rings. The molecule has 7 heteroatoms. The van der Waals surface area contributed by atoms with E-state index >= 15 is 0 Å². The molecule has 0 aliphatic rings. The number of benzene rings is 6. The van der Waals surface area contributed by atoms with E-state index in [1.165, 1.54) is 33.5 Å². The summed E-state index contributed by atoms with van der Waals surface area (Å²) in [5, 5.41) is 3.21. The van der Waals surface area contributed by atoms with Gasteiger partial charge in [-0.25, -0.2) is 0 Å². The summed E-state index contributed by atoms with van der Waals surface area (Å²) in [6.45, 7) is 13.7. The maximum atomic E-state index is 6.54. The molecule has 0 aliphatic carbocycles. The zero-order valence-electron chi connectivity index (χ0n) is 38.8. The Balaban J connectivity index is 0.000000232. The number of nitrogens with zero attached hydrogens (tertiary/aromatic N) is 4. The molecule has 65 heavy (non-hydrogen) atoms. The number of imidazole rings is 1. The zero-order chi connectivity index (χ0) is 44.7. The number of rotatable bonds is 9. The molecule has 0 spiro atoms. The maximum absolute atomic E-state index is 6.54. The molecule has 10 rings (SSSR count). The summed E-state index contributed by atoms with van der Waals surface area (Å²) in [6.07, 6.45) is 5.17. The van der Waals surface area contributed by atoms with E-state index in [1.807, 2.05) is 48.7 Å². The van der Waals surface area contributed by atoms with Gasteiger partial charge in [-0.15, -0.1) is 18.2 Å². The summed E-state index contributed by atoms with van der Waals surface area (Å²) in [5.74, 6) is 9.32. The molecule has 329 valence electrons. The molecule has 4 heterocycles. The van der Waals surface area contributed by atoms with Crippen LogP contribution in [0.2, 0.25) is 17.3 Å². The van der Waals surface area contributed by atoms with Crippen molar-refractivity contribution < 1.29 is 24.5 Å². The van der Waals surface area contributed by atoms with Gasteiger partial charge in [0, 0.05) is 36.6 Å². The SMILES string of the molecule is CC(C)Cc1cc(-c2[c-]cccc2)nc[c]1[Ge]([CH3])([CH3])[CH3].CC(C)c1cc(-c2ccccc2)cc(C(C)C)c1-n1c(-c2[c-]ccc3c2oc2ccccc23)nc2cnc3ccccc3c21.[Ir]. The van der Waals surface area contributed by atoms with E-state index in [1.54, 1.807) is 4.40 Å². The van der Waals surface area contributed by atoms with E-state index in [2.05, 4.69) is 173 Å². The Kier molecular flexibility index (Phi) is 13.5. The fourth-order valence-corrected chi connectivity index (χ4v) is 12.4. The average molecular weight is 1090 g/mol. The first-order valence-corrected chi connectivity index (χ1v) is 30.0. The van der Waals surface area contributed by atoms with Gasteiger partial charge >= 0.3 is 126 Å². The van der Waals surface area contributed by atoms with Gasteiger partial charge in [-0.05, 0) is 58.4 Å². The number of aromatic nitrogens is 4. The van der Waals surface area contributed by atoms with Crippen LogP contribution in [0, 0.1) is 18.1 Å². The van der Waals surface area contributed by atoms with Crippen molar-refractivity contribution in [2.75, 3.05) is 0 Å². The van der Waals surface area contributed by atoms with Gasteiger partial charge in [-0.2, -0.15) is 0 Å². The Labute approximate surface area is 400 Å². The number of furan rings is 1. The molecule has 0 amide bonds. The maximum Gasteiger partial charge on any atom is 0.120 e. The summed E-state index contributed by atoms with van der Waals surface area (Å²) in [4.78, 5) is 14.8. The second-order valence-electron chi connectivity index (χ2n) is 19.0. The van der Waals surface area contributed by atoms with Crippen LogP contribution in [-0.2, 0) is 26.5 Å². The Morgan fingerprint density at radius 3 is 1.98 bits per heavy atom. The minimum Gasteiger partial charge on any atom is -0.501 e. The number of para-hydroxylation sites is 2. The molecule has 1 radical (unpaired) electrons. The van der Waals surface area contributed by atoms with Gasteiger partial charge in [0.1, 0.15) is 5.58 Å². The molecule has 5 nitrogen and oxygen atoms in total. The summed E-state index contributed by atoms with van der Waals surface area (Å²) in [5.41, 5.74) is 15.1. The smallest absolute Gasteiger partial charge is 0.120 e. The Morgan fingerprint density at radius 1 is 0.631 bits per heavy atom. The zero-order valence-corrected chi connectivity index (χ0v) is 43.3. The molecule has 0 aliphatic heterocycles. The summed E-state index contributed by atoms with van der Waals surface area (Å²) >= 11 is -1.86. The third-order valence-electron chi connectivity index (χ3n) is 12.1. The van der Waals surface area contributed by atoms with Gasteiger partial charge in [0.15, 0.2) is 0 Å². The minimum absolute atomic E-state index is 0. The van der Waals surface area contributed by atoms with Crippen LogP contribution in [0.15, 0.2) is 150 Å². The van der Waals surface area contributed by atoms with Crippen LogP contribution in [-0.4, -0.2) is 32.8 Å². The molecule has 4 aromatic heterocycles. The Morgan fingerprint density at radius 2 is 1.31 bits per heavy atom. The summed E-state index contributed by atoms with van der Waals surface area (Å²) < 4.78 is 10.5. The van der Waals surface area contributed by atoms with Crippen LogP contribution in [0.3, 0.4) is 0 Å². The van der Waals surface area contributed by atoms with Crippen molar-refractivity contribution in [3.63, 3.8) is 0 Å². The third-order valence-corrected chi connectivity index (χ3v) is 16.4. The average Bonchev–Trinajstić information content (AvgIpc) is 3.88. The third kappa shape index (κ3) is 9.14. The first-order valence-electron chi connectivity index (χ1n) is 22.7. The normalized spacial score (nSPS) is 11.8. The molecule has 0 unspecified atom stereocenters. The Hall–Kier alpha value is -5.66. The molecule has 0 fully saturated rings. The predicted octanol–water partition coefficient (Wildman–Crippen LogP) is 15.1. The van der Waals surface area contributed by atoms with Crippen LogP contribution in [0.25, 0.3) is 83.3 Å². The molecule has 6 aromatic carbocycles. The fraction of sp³-hybridized carbons (Fsp3) is 0.224. The van der Waals surface area contributed by atoms with Crippen molar-refractivity contribution in [1.82, 2.24) is 19.5 Å². The van der Waals surface area contributed by atoms with Crippen molar-refractivity contribution >= 4 is 61.5 Å². The molecule has 0 bridgehead atoms. The van der Waals surface area contributed by atoms with Gasteiger partial charge in [0.2, 0.25) is 0 Å². The first-order chi connectivity index (χ1) is 30.9. The Bertz CT molecular complexity index is 3240. The predicted molar refractivity (Wildman–Crippen MR) is 272 cm³/mol. The minimum atomic E-state index is -1.86. The van der Waals surface area contributed by atoms with Crippen LogP contribution < -0.4 is 4.40 Å². The fourth-order valence-electron chi connectivity index (χ4n) is 9.04. The molecule has 0 saturated carbocycles. The second-order valence-corrected chi connectivity index (χ2v) is 29.6. The quantitative estimate of drug-likeness (QED) is 0.107. The van der Waals surface area contributed by atoms with Crippen molar-refractivity contribution in [2.24, 2.45) is 5.92 Å². The van der Waals surface area contributed by atoms with Gasteiger partial charge < -0.3 is 8.98 Å². The van der Waals surface area contributed by atoms with E-state index in [-0.39, 0.29) is 31.9 Å². The van der Waals surface area contributed by atoms with E-state index < -0.39 is 13.3 Å². The standard InChI is InChI=1S/C40H32N3O.C18H24GeN.Ir/c1-24(2)32-21-27(26-13-6-5-7-14-26)22-33(25(3)4)37(32)43-38-30-16-8-10-19-34(30)41-23-35(38)42-40(43)31-18-12-17-29-28-15-9-11-20-36(28)44-39(29)31;1-14(2)11-16-12-18(15-9-7-6-8-10-15)20-13-17(16)19(3,4)5;/h5-17,19-25H,1-4H3;6-9,12-14H,11H2,1-5H3;/q2*-1;. The monoisotopic (exact) mass is 1090 g/mol. The summed E-state index contributed by atoms with van der Waals surface area (Å²) in [7, 11) is 0. The number of hydrogen-bond acceptors (Lipinski definition) is 4. The van der Waals surface area contributed by atoms with Crippen LogP contribution in [0.4, 0.5) is 0 Å². The molecular formula is C58H56GeIrN4O-2. The van der Waals surface area contributed by atoms with E-state index in [4.69, 9.17) is 19.4 Å². The van der Waals surface area contributed by atoms with Crippen LogP contribution in [0.5, 0.6) is 0 Å². The largest absolute Gasteiger partial charge is 0.501 e. The van der Waals surface area contributed by atoms with Crippen molar-refractivity contribution in [1.29, 1.82) is 0 Å². The van der Waals surface area contributed by atoms with Gasteiger partial charge in [-0.3, -0.25) is 9.97 Å². The molecule has 0 N–H and O–H groups in total. The van der Waals surface area contributed by atoms with Crippen LogP contribution >= 0.6 is 0 Å². The van der Waals surface area contributed by atoms with Crippen molar-refractivity contribution in [2.45, 2.75) is 77.1 Å². The molecular weight excluding hydrogens is 1030 g/mol. The number of hydrogen-bond donors (Lipinski definition) is 0.